The molecule has 1 heterocycles. The number of carbonyl (C=O) groups excluding carboxylic acids is 1. The summed E-state index contributed by atoms with van der Waals surface area (Å²) in [4.78, 5) is 13.9. The van der Waals surface area contributed by atoms with E-state index >= 15 is 0 Å². The predicted octanol–water partition coefficient (Wildman–Crippen LogP) is 5.94. The molecule has 168 valence electrons. The lowest BCUT2D eigenvalue weighted by molar-refractivity contribution is -0.211. The van der Waals surface area contributed by atoms with E-state index in [9.17, 15) is 4.79 Å². The van der Waals surface area contributed by atoms with Gasteiger partial charge in [-0.25, -0.2) is 0 Å². The Morgan fingerprint density at radius 2 is 1.21 bits per heavy atom. The van der Waals surface area contributed by atoms with Gasteiger partial charge >= 0.3 is 0 Å². The van der Waals surface area contributed by atoms with Crippen LogP contribution in [0.3, 0.4) is 0 Å². The van der Waals surface area contributed by atoms with Gasteiger partial charge in [-0.3, -0.25) is 4.79 Å². The first-order valence-corrected chi connectivity index (χ1v) is 11.2. The fourth-order valence-corrected chi connectivity index (χ4v) is 4.44. The highest BCUT2D eigenvalue weighted by molar-refractivity contribution is 6.26. The van der Waals surface area contributed by atoms with Gasteiger partial charge in [-0.05, 0) is 11.1 Å². The van der Waals surface area contributed by atoms with Crippen molar-refractivity contribution in [1.82, 2.24) is 5.32 Å². The van der Waals surface area contributed by atoms with Gasteiger partial charge in [-0.1, -0.05) is 121 Å². The third kappa shape index (κ3) is 3.89. The third-order valence-corrected chi connectivity index (χ3v) is 6.07. The molecule has 0 unspecified atom stereocenters. The number of nitrogens with one attached hydrogen (secondary N) is 1. The average Bonchev–Trinajstić information content (AvgIpc) is 3.05. The zero-order chi connectivity index (χ0) is 23.4. The summed E-state index contributed by atoms with van der Waals surface area (Å²) in [6.07, 6.45) is 0. The molecule has 0 radical (unpaired) electrons. The van der Waals surface area contributed by atoms with Gasteiger partial charge in [0.1, 0.15) is 11.8 Å². The molecule has 4 heteroatoms. The number of hydrogen-bond acceptors (Lipinski definition) is 3. The molecule has 1 aliphatic heterocycles. The molecule has 0 aromatic heterocycles. The van der Waals surface area contributed by atoms with Crippen molar-refractivity contribution in [3.8, 4) is 0 Å². The van der Waals surface area contributed by atoms with Crippen LogP contribution in [0.2, 0.25) is 0 Å². The molecule has 34 heavy (non-hydrogen) atoms. The third-order valence-electron chi connectivity index (χ3n) is 6.07. The number of methoxy groups -OCH3 is 1. The summed E-state index contributed by atoms with van der Waals surface area (Å²) < 4.78 is 13.1. The topological polar surface area (TPSA) is 47.6 Å². The van der Waals surface area contributed by atoms with Crippen molar-refractivity contribution in [3.63, 3.8) is 0 Å². The van der Waals surface area contributed by atoms with E-state index in [2.05, 4.69) is 5.32 Å². The Bertz CT molecular complexity index is 1290. The monoisotopic (exact) mass is 447 g/mol. The van der Waals surface area contributed by atoms with Crippen molar-refractivity contribution in [3.05, 3.63) is 144 Å². The number of hydrogen-bond donors (Lipinski definition) is 1. The molecular formula is C30H25NO3. The lowest BCUT2D eigenvalue weighted by atomic mass is 9.91. The minimum atomic E-state index is -1.31. The van der Waals surface area contributed by atoms with Crippen molar-refractivity contribution in [2.75, 3.05) is 7.11 Å². The van der Waals surface area contributed by atoms with E-state index in [0.29, 0.717) is 11.3 Å². The van der Waals surface area contributed by atoms with E-state index in [4.69, 9.17) is 9.47 Å². The standard InChI is InChI=1S/C30H25NO3/c1-33-30(25-20-12-5-13-21-25)28(24-18-10-4-11-19-24)31-29(32)26(22-14-6-2-7-15-22)27(34-30)23-16-8-3-9-17-23/h2-21,28H,1H3,(H,31,32)/t28-,30+/m1/s1. The maximum atomic E-state index is 13.9. The number of ether oxygens (including phenoxy) is 2. The van der Waals surface area contributed by atoms with Crippen LogP contribution < -0.4 is 5.32 Å². The summed E-state index contributed by atoms with van der Waals surface area (Å²) in [5.74, 6) is -1.07. The molecule has 2 atom stereocenters. The van der Waals surface area contributed by atoms with E-state index in [1.54, 1.807) is 7.11 Å². The number of amides is 1. The smallest absolute Gasteiger partial charge is 0.261 e. The van der Waals surface area contributed by atoms with Crippen LogP contribution in [-0.4, -0.2) is 13.0 Å². The van der Waals surface area contributed by atoms with Crippen LogP contribution in [0.15, 0.2) is 121 Å². The van der Waals surface area contributed by atoms with Gasteiger partial charge in [0.05, 0.1) is 5.57 Å². The first-order chi connectivity index (χ1) is 16.7. The van der Waals surface area contributed by atoms with Crippen molar-refractivity contribution < 1.29 is 14.3 Å². The molecule has 1 amide bonds. The molecule has 4 nitrogen and oxygen atoms in total. The van der Waals surface area contributed by atoms with E-state index < -0.39 is 11.8 Å². The summed E-state index contributed by atoms with van der Waals surface area (Å²) in [6.45, 7) is 0. The fraction of sp³-hybridized carbons (Fsp3) is 0.100. The number of carbonyl (C=O) groups is 1. The highest BCUT2D eigenvalue weighted by Crippen LogP contribution is 2.46. The van der Waals surface area contributed by atoms with Gasteiger partial charge in [0.15, 0.2) is 0 Å². The van der Waals surface area contributed by atoms with Crippen molar-refractivity contribution in [1.29, 1.82) is 0 Å². The second-order valence-electron chi connectivity index (χ2n) is 8.09. The molecule has 0 aliphatic carbocycles. The van der Waals surface area contributed by atoms with Crippen LogP contribution in [0.5, 0.6) is 0 Å². The normalized spacial score (nSPS) is 20.3. The Morgan fingerprint density at radius 3 is 1.76 bits per heavy atom. The molecule has 5 rings (SSSR count). The maximum Gasteiger partial charge on any atom is 0.261 e. The zero-order valence-electron chi connectivity index (χ0n) is 18.8. The van der Waals surface area contributed by atoms with Gasteiger partial charge in [0.25, 0.3) is 11.7 Å². The summed E-state index contributed by atoms with van der Waals surface area (Å²) in [5.41, 5.74) is 3.70. The highest BCUT2D eigenvalue weighted by atomic mass is 16.7. The molecule has 0 fully saturated rings. The van der Waals surface area contributed by atoms with Crippen LogP contribution in [0.1, 0.15) is 28.3 Å². The summed E-state index contributed by atoms with van der Waals surface area (Å²) in [7, 11) is 1.62. The molecule has 0 spiro atoms. The first-order valence-electron chi connectivity index (χ1n) is 11.2. The molecule has 4 aromatic rings. The minimum absolute atomic E-state index is 0.228. The van der Waals surface area contributed by atoms with Crippen LogP contribution in [0.4, 0.5) is 0 Å². The predicted molar refractivity (Wildman–Crippen MR) is 133 cm³/mol. The fourth-order valence-electron chi connectivity index (χ4n) is 4.44. The van der Waals surface area contributed by atoms with E-state index in [1.807, 2.05) is 121 Å². The van der Waals surface area contributed by atoms with Gasteiger partial charge < -0.3 is 14.8 Å². The summed E-state index contributed by atoms with van der Waals surface area (Å²) in [5, 5.41) is 3.24. The van der Waals surface area contributed by atoms with Crippen LogP contribution in [0.25, 0.3) is 11.3 Å². The minimum Gasteiger partial charge on any atom is -0.454 e. The Hall–Kier alpha value is -4.15. The zero-order valence-corrected chi connectivity index (χ0v) is 18.8. The first kappa shape index (κ1) is 21.7. The van der Waals surface area contributed by atoms with E-state index in [1.165, 1.54) is 0 Å². The van der Waals surface area contributed by atoms with Gasteiger partial charge in [-0.15, -0.1) is 0 Å². The molecule has 1 aliphatic rings. The SMILES string of the molecule is CO[C@@]1(c2ccccc2)OC(c2ccccc2)=C(c2ccccc2)C(=O)N[C@@H]1c1ccccc1. The Kier molecular flexibility index (Phi) is 5.98. The summed E-state index contributed by atoms with van der Waals surface area (Å²) >= 11 is 0. The van der Waals surface area contributed by atoms with Crippen molar-refractivity contribution in [2.24, 2.45) is 0 Å². The van der Waals surface area contributed by atoms with Crippen LogP contribution >= 0.6 is 0 Å². The van der Waals surface area contributed by atoms with E-state index in [-0.39, 0.29) is 5.91 Å². The van der Waals surface area contributed by atoms with Crippen molar-refractivity contribution in [2.45, 2.75) is 11.8 Å². The van der Waals surface area contributed by atoms with Crippen LogP contribution in [0, 0.1) is 0 Å². The second-order valence-corrected chi connectivity index (χ2v) is 8.09. The molecule has 1 N–H and O–H groups in total. The van der Waals surface area contributed by atoms with Gasteiger partial charge in [0.2, 0.25) is 0 Å². The number of rotatable bonds is 5. The molecular weight excluding hydrogens is 422 g/mol. The summed E-state index contributed by atoms with van der Waals surface area (Å²) in [6, 6.07) is 38.2. The van der Waals surface area contributed by atoms with E-state index in [0.717, 1.165) is 22.3 Å². The molecule has 4 aromatic carbocycles. The second kappa shape index (κ2) is 9.38. The van der Waals surface area contributed by atoms with Crippen molar-refractivity contribution >= 4 is 17.2 Å². The quantitative estimate of drug-likeness (QED) is 0.412. The molecule has 0 bridgehead atoms. The molecule has 0 saturated carbocycles. The Labute approximate surface area is 199 Å². The lowest BCUT2D eigenvalue weighted by Gasteiger charge is -2.39. The Balaban J connectivity index is 1.80. The highest BCUT2D eigenvalue weighted by Gasteiger charge is 2.49. The van der Waals surface area contributed by atoms with Gasteiger partial charge in [0, 0.05) is 18.2 Å². The lowest BCUT2D eigenvalue weighted by Crippen LogP contribution is -2.45. The average molecular weight is 448 g/mol. The Morgan fingerprint density at radius 1 is 0.706 bits per heavy atom. The van der Waals surface area contributed by atoms with Gasteiger partial charge in [-0.2, -0.15) is 0 Å². The van der Waals surface area contributed by atoms with Crippen LogP contribution in [-0.2, 0) is 20.1 Å². The largest absolute Gasteiger partial charge is 0.454 e. The maximum absolute atomic E-state index is 13.9. The molecule has 0 saturated heterocycles. The number of benzene rings is 4.